The summed E-state index contributed by atoms with van der Waals surface area (Å²) in [7, 11) is -2.92. The Hall–Kier alpha value is -0.634. The van der Waals surface area contributed by atoms with Crippen LogP contribution in [0.15, 0.2) is 48.5 Å². The van der Waals surface area contributed by atoms with Gasteiger partial charge in [0.1, 0.15) is 0 Å². The Morgan fingerprint density at radius 1 is 0.700 bits per heavy atom. The van der Waals surface area contributed by atoms with Gasteiger partial charge in [-0.15, -0.1) is 0 Å². The van der Waals surface area contributed by atoms with Crippen molar-refractivity contribution >= 4 is 30.3 Å². The first kappa shape index (κ1) is 22.6. The summed E-state index contributed by atoms with van der Waals surface area (Å²) in [4.78, 5) is 0. The van der Waals surface area contributed by atoms with E-state index in [1.807, 2.05) is 0 Å². The lowest BCUT2D eigenvalue weighted by Gasteiger charge is -2.45. The van der Waals surface area contributed by atoms with Crippen molar-refractivity contribution in [3.63, 3.8) is 0 Å². The molecular formula is C26H39AlOSi2. The lowest BCUT2D eigenvalue weighted by Crippen LogP contribution is -2.62. The highest BCUT2D eigenvalue weighted by atomic mass is 28.3. The van der Waals surface area contributed by atoms with Crippen molar-refractivity contribution in [2.45, 2.75) is 72.1 Å². The van der Waals surface area contributed by atoms with E-state index in [9.17, 15) is 0 Å². The van der Waals surface area contributed by atoms with Crippen LogP contribution in [0.25, 0.3) is 0 Å². The van der Waals surface area contributed by atoms with E-state index in [4.69, 9.17) is 4.74 Å². The average molecular weight is 451 g/mol. The number of benzene rings is 2. The Morgan fingerprint density at radius 3 is 1.23 bits per heavy atom. The van der Waals surface area contributed by atoms with Crippen LogP contribution in [0.3, 0.4) is 0 Å². The first-order valence-corrected chi connectivity index (χ1v) is 20.9. The second kappa shape index (κ2) is 7.75. The van der Waals surface area contributed by atoms with E-state index in [0.717, 1.165) is 13.2 Å². The van der Waals surface area contributed by atoms with Crippen molar-refractivity contribution in [2.24, 2.45) is 0 Å². The van der Waals surface area contributed by atoms with Gasteiger partial charge in [-0.05, 0) is 20.6 Å². The molecule has 0 aliphatic carbocycles. The highest BCUT2D eigenvalue weighted by Crippen LogP contribution is 2.68. The molecule has 1 fully saturated rings. The molecule has 160 valence electrons. The van der Waals surface area contributed by atoms with Crippen LogP contribution in [0.5, 0.6) is 0 Å². The van der Waals surface area contributed by atoms with Crippen LogP contribution in [-0.4, -0.2) is 43.5 Å². The molecule has 0 radical (unpaired) electrons. The predicted molar refractivity (Wildman–Crippen MR) is 137 cm³/mol. The quantitative estimate of drug-likeness (QED) is 0.471. The normalized spacial score (nSPS) is 26.8. The highest BCUT2D eigenvalue weighted by Gasteiger charge is 2.75. The van der Waals surface area contributed by atoms with Crippen LogP contribution in [0, 0.1) is 0 Å². The minimum absolute atomic E-state index is 0.412. The summed E-state index contributed by atoms with van der Waals surface area (Å²) < 4.78 is 5.77. The summed E-state index contributed by atoms with van der Waals surface area (Å²) in [5.74, 6) is 0. The molecule has 0 spiro atoms. The summed E-state index contributed by atoms with van der Waals surface area (Å²) in [6.07, 6.45) is 2.56. The van der Waals surface area contributed by atoms with Crippen LogP contribution in [0.2, 0.25) is 44.6 Å². The Balaban J connectivity index is 0.000000383. The van der Waals surface area contributed by atoms with Crippen molar-refractivity contribution in [1.82, 2.24) is 0 Å². The first-order valence-electron chi connectivity index (χ1n) is 11.9. The Morgan fingerprint density at radius 2 is 1.03 bits per heavy atom. The fourth-order valence-corrected chi connectivity index (χ4v) is 27.3. The molecule has 0 N–H and O–H groups in total. The summed E-state index contributed by atoms with van der Waals surface area (Å²) in [6.45, 7) is 20.4. The fourth-order valence-electron chi connectivity index (χ4n) is 7.49. The van der Waals surface area contributed by atoms with Gasteiger partial charge < -0.3 is 4.74 Å². The van der Waals surface area contributed by atoms with E-state index in [-0.39, 0.29) is 0 Å². The van der Waals surface area contributed by atoms with Crippen LogP contribution >= 0.6 is 0 Å². The van der Waals surface area contributed by atoms with E-state index in [2.05, 4.69) is 94.7 Å². The zero-order valence-electron chi connectivity index (χ0n) is 20.1. The average Bonchev–Trinajstić information content (AvgIpc) is 3.40. The fraction of sp³-hybridized carbons (Fsp3) is 0.538. The van der Waals surface area contributed by atoms with Crippen LogP contribution in [0.1, 0.15) is 42.0 Å². The third-order valence-electron chi connectivity index (χ3n) is 8.20. The molecule has 30 heavy (non-hydrogen) atoms. The molecule has 0 amide bonds. The van der Waals surface area contributed by atoms with E-state index < -0.39 is 30.3 Å². The van der Waals surface area contributed by atoms with Gasteiger partial charge in [-0.2, -0.15) is 0 Å². The zero-order valence-corrected chi connectivity index (χ0v) is 23.3. The number of hydrogen-bond donors (Lipinski definition) is 0. The van der Waals surface area contributed by atoms with Gasteiger partial charge in [0.05, 0.1) is 0 Å². The lowest BCUT2D eigenvalue weighted by atomic mass is 9.85. The number of fused-ring (bicyclic) bond motifs is 8. The second-order valence-corrected chi connectivity index (χ2v) is 26.9. The van der Waals surface area contributed by atoms with Gasteiger partial charge >= 0.3 is 0 Å². The summed E-state index contributed by atoms with van der Waals surface area (Å²) in [6, 6.07) is 19.3. The zero-order chi connectivity index (χ0) is 21.8. The smallest absolute Gasteiger partial charge is 0.294 e. The first-order chi connectivity index (χ1) is 14.1. The molecule has 5 rings (SSSR count). The van der Waals surface area contributed by atoms with Crippen molar-refractivity contribution in [3.8, 4) is 0 Å². The predicted octanol–water partition coefficient (Wildman–Crippen LogP) is 6.73. The van der Waals surface area contributed by atoms with Crippen LogP contribution in [0.4, 0.5) is 0 Å². The van der Waals surface area contributed by atoms with E-state index in [1.165, 1.54) is 18.1 Å². The highest BCUT2D eigenvalue weighted by molar-refractivity contribution is 7.04. The SMILES string of the molecule is C1CCOC1.C[CH2][Al]1[C]2([Si](C)(C)C)c3ccccc3[C]1([Si](C)(C)C)c1ccccc12. The van der Waals surface area contributed by atoms with Gasteiger partial charge in [-0.1, -0.05) is 122 Å². The lowest BCUT2D eigenvalue weighted by molar-refractivity contribution is 0.198. The number of hydrogen-bond acceptors (Lipinski definition) is 1. The number of ether oxygens (including phenoxy) is 1. The standard InChI is InChI=1S/C20H26Si2.C4H8O.C2H5.Al/c1-21(2,3)19-15-11-7-9-13-17(15)20(22(4,5)6)18-14-10-8-12-16(18)19;1-2-4-5-3-1;1-2;/h7-14H,1-6H3;1-4H2;1H2,2H3;. The van der Waals surface area contributed by atoms with Crippen LogP contribution in [-0.2, 0) is 12.5 Å². The minimum atomic E-state index is -1.46. The third kappa shape index (κ3) is 2.80. The van der Waals surface area contributed by atoms with Crippen LogP contribution < -0.4 is 0 Å². The van der Waals surface area contributed by atoms with Gasteiger partial charge in [-0.25, -0.2) is 0 Å². The summed E-state index contributed by atoms with van der Waals surface area (Å²) in [5.41, 5.74) is 6.98. The van der Waals surface area contributed by atoms with E-state index in [1.54, 1.807) is 22.3 Å². The molecule has 0 atom stereocenters. The van der Waals surface area contributed by atoms with Gasteiger partial charge in [0, 0.05) is 29.4 Å². The Labute approximate surface area is 190 Å². The number of rotatable bonds is 3. The molecule has 3 heterocycles. The largest absolute Gasteiger partial charge is 0.381 e. The Kier molecular flexibility index (Phi) is 5.82. The summed E-state index contributed by atoms with van der Waals surface area (Å²) >= 11 is -1.11. The molecule has 2 aromatic carbocycles. The maximum Gasteiger partial charge on any atom is 0.294 e. The van der Waals surface area contributed by atoms with Crippen molar-refractivity contribution in [2.75, 3.05) is 13.2 Å². The molecule has 1 nitrogen and oxygen atoms in total. The maximum absolute atomic E-state index is 4.94. The maximum atomic E-state index is 4.94. The molecule has 0 saturated carbocycles. The molecule has 0 unspecified atom stereocenters. The van der Waals surface area contributed by atoms with E-state index >= 15 is 0 Å². The van der Waals surface area contributed by atoms with E-state index in [0.29, 0.717) is 7.80 Å². The molecule has 0 aromatic heterocycles. The second-order valence-electron chi connectivity index (χ2n) is 11.5. The summed E-state index contributed by atoms with van der Waals surface area (Å²) in [5, 5.41) is 1.41. The molecule has 1 saturated heterocycles. The minimum Gasteiger partial charge on any atom is -0.381 e. The molecular weight excluding hydrogens is 411 g/mol. The molecule has 2 bridgehead atoms. The van der Waals surface area contributed by atoms with Gasteiger partial charge in [0.25, 0.3) is 14.1 Å². The molecule has 3 aliphatic rings. The van der Waals surface area contributed by atoms with Gasteiger partial charge in [0.2, 0.25) is 0 Å². The van der Waals surface area contributed by atoms with Crippen molar-refractivity contribution in [1.29, 1.82) is 0 Å². The third-order valence-corrected chi connectivity index (χ3v) is 25.4. The monoisotopic (exact) mass is 450 g/mol. The van der Waals surface area contributed by atoms with Crippen molar-refractivity contribution in [3.05, 3.63) is 70.8 Å². The van der Waals surface area contributed by atoms with Gasteiger partial charge in [0.15, 0.2) is 0 Å². The molecule has 3 aliphatic heterocycles. The topological polar surface area (TPSA) is 9.23 Å². The van der Waals surface area contributed by atoms with Crippen molar-refractivity contribution < 1.29 is 4.74 Å². The van der Waals surface area contributed by atoms with Gasteiger partial charge in [-0.3, -0.25) is 0 Å². The molecule has 2 aromatic rings. The Bertz CT molecular complexity index is 798. The molecule has 4 heteroatoms.